The van der Waals surface area contributed by atoms with Crippen molar-refractivity contribution in [3.63, 3.8) is 0 Å². The van der Waals surface area contributed by atoms with Crippen LogP contribution in [0.1, 0.15) is 16.8 Å². The van der Waals surface area contributed by atoms with E-state index in [2.05, 4.69) is 15.3 Å². The predicted molar refractivity (Wildman–Crippen MR) is 109 cm³/mol. The van der Waals surface area contributed by atoms with Gasteiger partial charge in [-0.15, -0.1) is 0 Å². The number of fused-ring (bicyclic) bond motifs is 1. The molecule has 0 radical (unpaired) electrons. The average molecular weight is 433 g/mol. The molecule has 3 heterocycles. The fourth-order valence-corrected chi connectivity index (χ4v) is 4.83. The molecule has 1 amide bonds. The largest absolute Gasteiger partial charge is 0.454 e. The van der Waals surface area contributed by atoms with Crippen LogP contribution in [0.25, 0.3) is 0 Å². The van der Waals surface area contributed by atoms with Crippen LogP contribution in [0.5, 0.6) is 11.5 Å². The number of ether oxygens (including phenoxy) is 2. The molecular formula is C19H23N5O5S. The second-order valence-corrected chi connectivity index (χ2v) is 9.02. The Morgan fingerprint density at radius 2 is 1.80 bits per heavy atom. The van der Waals surface area contributed by atoms with E-state index in [1.54, 1.807) is 36.7 Å². The monoisotopic (exact) mass is 433 g/mol. The Kier molecular flexibility index (Phi) is 6.00. The molecule has 0 atom stereocenters. The third kappa shape index (κ3) is 4.62. The average Bonchev–Trinajstić information content (AvgIpc) is 3.25. The molecule has 1 saturated heterocycles. The van der Waals surface area contributed by atoms with Crippen molar-refractivity contribution in [1.82, 2.24) is 19.6 Å². The number of aromatic nitrogens is 2. The molecule has 160 valence electrons. The first-order valence-electron chi connectivity index (χ1n) is 9.70. The van der Waals surface area contributed by atoms with Gasteiger partial charge in [0.2, 0.25) is 22.8 Å². The highest BCUT2D eigenvalue weighted by Gasteiger charge is 2.27. The van der Waals surface area contributed by atoms with Crippen molar-refractivity contribution in [2.24, 2.45) is 0 Å². The molecule has 0 aliphatic carbocycles. The van der Waals surface area contributed by atoms with Crippen molar-refractivity contribution in [1.29, 1.82) is 0 Å². The molecule has 1 aromatic heterocycles. The van der Waals surface area contributed by atoms with Gasteiger partial charge in [-0.05, 0) is 30.7 Å². The number of sulfonamides is 1. The predicted octanol–water partition coefficient (Wildman–Crippen LogP) is 0.477. The molecule has 30 heavy (non-hydrogen) atoms. The molecule has 2 aromatic rings. The Hall–Kier alpha value is -2.92. The molecule has 10 nitrogen and oxygen atoms in total. The number of hydrogen-bond acceptors (Lipinski definition) is 8. The van der Waals surface area contributed by atoms with Crippen LogP contribution in [-0.2, 0) is 10.0 Å². The van der Waals surface area contributed by atoms with Gasteiger partial charge in [0.15, 0.2) is 11.5 Å². The molecule has 1 N–H and O–H groups in total. The number of amides is 1. The highest BCUT2D eigenvalue weighted by molar-refractivity contribution is 7.89. The summed E-state index contributed by atoms with van der Waals surface area (Å²) >= 11 is 0. The van der Waals surface area contributed by atoms with E-state index in [9.17, 15) is 13.2 Å². The molecule has 0 saturated carbocycles. The lowest BCUT2D eigenvalue weighted by Gasteiger charge is -2.33. The first-order valence-corrected chi connectivity index (χ1v) is 11.3. The number of nitrogens with one attached hydrogen (secondary N) is 1. The highest BCUT2D eigenvalue weighted by Crippen LogP contribution is 2.32. The van der Waals surface area contributed by atoms with Crippen molar-refractivity contribution in [3.8, 4) is 11.5 Å². The number of anilines is 1. The molecule has 1 aromatic carbocycles. The van der Waals surface area contributed by atoms with E-state index in [0.717, 1.165) is 0 Å². The van der Waals surface area contributed by atoms with Gasteiger partial charge in [0.05, 0.1) is 5.75 Å². The molecule has 11 heteroatoms. The summed E-state index contributed by atoms with van der Waals surface area (Å²) in [6, 6.07) is 6.69. The fraction of sp³-hybridized carbons (Fsp3) is 0.421. The standard InChI is InChI=1S/C19H23N5O5S/c25-18(15-3-4-16-17(13-15)29-14-28-16)20-7-2-12-30(26,27)24-10-8-23(9-11-24)19-21-5-1-6-22-19/h1,3-6,13H,2,7-12,14H2,(H,20,25). The summed E-state index contributed by atoms with van der Waals surface area (Å²) in [6.45, 7) is 2.29. The van der Waals surface area contributed by atoms with Gasteiger partial charge in [-0.25, -0.2) is 18.4 Å². The van der Waals surface area contributed by atoms with Crippen LogP contribution in [0.3, 0.4) is 0 Å². The maximum absolute atomic E-state index is 12.6. The van der Waals surface area contributed by atoms with Gasteiger partial charge >= 0.3 is 0 Å². The van der Waals surface area contributed by atoms with Crippen LogP contribution >= 0.6 is 0 Å². The lowest BCUT2D eigenvalue weighted by molar-refractivity contribution is 0.0953. The van der Waals surface area contributed by atoms with Crippen LogP contribution in [0.4, 0.5) is 5.95 Å². The normalized spacial score (nSPS) is 16.5. The quantitative estimate of drug-likeness (QED) is 0.627. The van der Waals surface area contributed by atoms with E-state index in [0.29, 0.717) is 55.6 Å². The van der Waals surface area contributed by atoms with Gasteiger partial charge in [0, 0.05) is 50.7 Å². The molecule has 4 rings (SSSR count). The lowest BCUT2D eigenvalue weighted by atomic mass is 10.2. The molecule has 0 bridgehead atoms. The van der Waals surface area contributed by atoms with Gasteiger partial charge in [0.25, 0.3) is 5.91 Å². The topological polar surface area (TPSA) is 114 Å². The zero-order valence-electron chi connectivity index (χ0n) is 16.4. The second kappa shape index (κ2) is 8.84. The first-order chi connectivity index (χ1) is 14.5. The number of benzene rings is 1. The van der Waals surface area contributed by atoms with Crippen LogP contribution in [0, 0.1) is 0 Å². The summed E-state index contributed by atoms with van der Waals surface area (Å²) < 4.78 is 37.2. The van der Waals surface area contributed by atoms with Crippen molar-refractivity contribution in [2.75, 3.05) is 50.2 Å². The molecule has 1 fully saturated rings. The lowest BCUT2D eigenvalue weighted by Crippen LogP contribution is -2.49. The SMILES string of the molecule is O=C(NCCCS(=O)(=O)N1CCN(c2ncccn2)CC1)c1ccc2c(c1)OCO2. The molecular weight excluding hydrogens is 410 g/mol. The smallest absolute Gasteiger partial charge is 0.251 e. The summed E-state index contributed by atoms with van der Waals surface area (Å²) in [5.74, 6) is 1.46. The summed E-state index contributed by atoms with van der Waals surface area (Å²) in [5.41, 5.74) is 0.446. The van der Waals surface area contributed by atoms with Crippen LogP contribution in [-0.4, -0.2) is 73.9 Å². The van der Waals surface area contributed by atoms with Crippen LogP contribution in [0.15, 0.2) is 36.7 Å². The molecule has 0 spiro atoms. The summed E-state index contributed by atoms with van der Waals surface area (Å²) in [6.07, 6.45) is 3.67. The first kappa shape index (κ1) is 20.4. The van der Waals surface area contributed by atoms with Gasteiger partial charge in [-0.2, -0.15) is 4.31 Å². The van der Waals surface area contributed by atoms with Crippen molar-refractivity contribution >= 4 is 21.9 Å². The van der Waals surface area contributed by atoms with Gasteiger partial charge < -0.3 is 19.7 Å². The number of piperazine rings is 1. The van der Waals surface area contributed by atoms with E-state index in [4.69, 9.17) is 9.47 Å². The minimum absolute atomic E-state index is 0.0176. The van der Waals surface area contributed by atoms with E-state index in [1.165, 1.54) is 4.31 Å². The number of hydrogen-bond donors (Lipinski definition) is 1. The Morgan fingerprint density at radius 1 is 1.07 bits per heavy atom. The third-order valence-electron chi connectivity index (χ3n) is 4.97. The number of rotatable bonds is 7. The molecule has 2 aliphatic rings. The number of nitrogens with zero attached hydrogens (tertiary/aromatic N) is 4. The van der Waals surface area contributed by atoms with E-state index >= 15 is 0 Å². The van der Waals surface area contributed by atoms with E-state index < -0.39 is 10.0 Å². The third-order valence-corrected chi connectivity index (χ3v) is 6.92. The fourth-order valence-electron chi connectivity index (χ4n) is 3.35. The number of carbonyl (C=O) groups excluding carboxylic acids is 1. The zero-order valence-corrected chi connectivity index (χ0v) is 17.2. The van der Waals surface area contributed by atoms with E-state index in [-0.39, 0.29) is 25.0 Å². The maximum Gasteiger partial charge on any atom is 0.251 e. The summed E-state index contributed by atoms with van der Waals surface area (Å²) in [7, 11) is -3.38. The summed E-state index contributed by atoms with van der Waals surface area (Å²) in [4.78, 5) is 22.6. The minimum atomic E-state index is -3.38. The number of carbonyl (C=O) groups is 1. The Bertz CT molecular complexity index is 994. The Balaban J connectivity index is 1.21. The Morgan fingerprint density at radius 3 is 2.57 bits per heavy atom. The summed E-state index contributed by atoms with van der Waals surface area (Å²) in [5, 5.41) is 2.75. The van der Waals surface area contributed by atoms with Gasteiger partial charge in [0.1, 0.15) is 0 Å². The van der Waals surface area contributed by atoms with Crippen molar-refractivity contribution < 1.29 is 22.7 Å². The maximum atomic E-state index is 12.6. The van der Waals surface area contributed by atoms with Crippen LogP contribution in [0.2, 0.25) is 0 Å². The van der Waals surface area contributed by atoms with Crippen LogP contribution < -0.4 is 19.7 Å². The zero-order chi connectivity index (χ0) is 21.0. The molecule has 0 unspecified atom stereocenters. The second-order valence-electron chi connectivity index (χ2n) is 6.93. The molecule has 2 aliphatic heterocycles. The van der Waals surface area contributed by atoms with Gasteiger partial charge in [-0.3, -0.25) is 4.79 Å². The van der Waals surface area contributed by atoms with Crippen molar-refractivity contribution in [2.45, 2.75) is 6.42 Å². The van der Waals surface area contributed by atoms with Crippen molar-refractivity contribution in [3.05, 3.63) is 42.2 Å². The highest BCUT2D eigenvalue weighted by atomic mass is 32.2. The van der Waals surface area contributed by atoms with Gasteiger partial charge in [-0.1, -0.05) is 0 Å². The van der Waals surface area contributed by atoms with E-state index in [1.807, 2.05) is 4.90 Å². The Labute approximate surface area is 174 Å². The minimum Gasteiger partial charge on any atom is -0.454 e.